The van der Waals surface area contributed by atoms with Crippen LogP contribution < -0.4 is 15.5 Å². The first-order chi connectivity index (χ1) is 9.06. The Bertz CT molecular complexity index is 399. The topological polar surface area (TPSA) is 52.6 Å². The van der Waals surface area contributed by atoms with Gasteiger partial charge in [0.2, 0.25) is 0 Å². The zero-order valence-corrected chi connectivity index (χ0v) is 13.3. The lowest BCUT2D eigenvalue weighted by Gasteiger charge is -2.15. The Balaban J connectivity index is 2.62. The lowest BCUT2D eigenvalue weighted by molar-refractivity contribution is 0.624. The maximum Gasteiger partial charge on any atom is 0.191 e. The molecule has 19 heavy (non-hydrogen) atoms. The molecular weight excluding hydrogens is 258 g/mol. The van der Waals surface area contributed by atoms with E-state index in [9.17, 15) is 0 Å². The molecule has 0 amide bonds. The van der Waals surface area contributed by atoms with Gasteiger partial charge in [-0.1, -0.05) is 6.92 Å². The van der Waals surface area contributed by atoms with Gasteiger partial charge in [-0.15, -0.1) is 11.3 Å². The molecule has 0 saturated carbocycles. The van der Waals surface area contributed by atoms with Crippen molar-refractivity contribution in [2.24, 2.45) is 4.99 Å². The molecule has 1 unspecified atom stereocenters. The molecular formula is C13H25N5S. The lowest BCUT2D eigenvalue weighted by atomic mass is 10.3. The first-order valence-corrected chi connectivity index (χ1v) is 7.61. The molecule has 1 heterocycles. The second-order valence-electron chi connectivity index (χ2n) is 4.66. The molecule has 0 aliphatic heterocycles. The van der Waals surface area contributed by atoms with Crippen molar-refractivity contribution in [3.8, 4) is 0 Å². The Hall–Kier alpha value is -1.30. The van der Waals surface area contributed by atoms with Gasteiger partial charge in [-0.05, 0) is 20.3 Å². The van der Waals surface area contributed by atoms with Crippen LogP contribution in [-0.2, 0) is 6.54 Å². The Morgan fingerprint density at radius 3 is 2.74 bits per heavy atom. The van der Waals surface area contributed by atoms with Crippen molar-refractivity contribution in [2.75, 3.05) is 25.5 Å². The minimum absolute atomic E-state index is 0.422. The lowest BCUT2D eigenvalue weighted by Crippen LogP contribution is -2.41. The molecule has 1 atom stereocenters. The number of hydrogen-bond donors (Lipinski definition) is 2. The predicted molar refractivity (Wildman–Crippen MR) is 84.1 cm³/mol. The number of thiazole rings is 1. The van der Waals surface area contributed by atoms with Gasteiger partial charge in [-0.3, -0.25) is 0 Å². The second kappa shape index (κ2) is 7.99. The fourth-order valence-electron chi connectivity index (χ4n) is 1.39. The van der Waals surface area contributed by atoms with Crippen LogP contribution in [-0.4, -0.2) is 37.6 Å². The Morgan fingerprint density at radius 2 is 2.21 bits per heavy atom. The second-order valence-corrected chi connectivity index (χ2v) is 5.50. The molecule has 0 radical (unpaired) electrons. The molecule has 2 N–H and O–H groups in total. The molecule has 0 aromatic carbocycles. The number of hydrogen-bond acceptors (Lipinski definition) is 4. The summed E-state index contributed by atoms with van der Waals surface area (Å²) in [5.74, 6) is 0.858. The maximum absolute atomic E-state index is 4.56. The summed E-state index contributed by atoms with van der Waals surface area (Å²) in [5, 5.41) is 9.70. The monoisotopic (exact) mass is 283 g/mol. The molecule has 1 rings (SSSR count). The Kier molecular flexibility index (Phi) is 6.62. The summed E-state index contributed by atoms with van der Waals surface area (Å²) in [6.07, 6.45) is 1.08. The van der Waals surface area contributed by atoms with E-state index in [1.165, 1.54) is 0 Å². The quantitative estimate of drug-likeness (QED) is 0.620. The van der Waals surface area contributed by atoms with Crippen molar-refractivity contribution in [3.63, 3.8) is 0 Å². The third-order valence-electron chi connectivity index (χ3n) is 2.66. The summed E-state index contributed by atoms with van der Waals surface area (Å²) in [5.41, 5.74) is 1.01. The molecule has 0 aliphatic rings. The van der Waals surface area contributed by atoms with Crippen molar-refractivity contribution >= 4 is 22.4 Å². The summed E-state index contributed by atoms with van der Waals surface area (Å²) in [6, 6.07) is 0.422. The van der Waals surface area contributed by atoms with Crippen molar-refractivity contribution in [2.45, 2.75) is 39.8 Å². The molecule has 1 aromatic heterocycles. The normalized spacial score (nSPS) is 13.2. The van der Waals surface area contributed by atoms with Crippen LogP contribution in [0.15, 0.2) is 10.4 Å². The minimum Gasteiger partial charge on any atom is -0.357 e. The van der Waals surface area contributed by atoms with E-state index >= 15 is 0 Å². The van der Waals surface area contributed by atoms with Crippen LogP contribution in [0.2, 0.25) is 0 Å². The van der Waals surface area contributed by atoms with Gasteiger partial charge >= 0.3 is 0 Å². The van der Waals surface area contributed by atoms with Crippen molar-refractivity contribution in [1.82, 2.24) is 15.6 Å². The average molecular weight is 283 g/mol. The van der Waals surface area contributed by atoms with Gasteiger partial charge in [-0.25, -0.2) is 9.98 Å². The SMILES string of the molecule is CCNC(=NCc1csc(N(C)C)n1)NC(C)CC. The van der Waals surface area contributed by atoms with E-state index in [2.05, 4.69) is 46.8 Å². The van der Waals surface area contributed by atoms with Gasteiger partial charge in [-0.2, -0.15) is 0 Å². The fraction of sp³-hybridized carbons (Fsp3) is 0.692. The van der Waals surface area contributed by atoms with E-state index in [0.29, 0.717) is 12.6 Å². The fourth-order valence-corrected chi connectivity index (χ4v) is 2.14. The predicted octanol–water partition coefficient (Wildman–Crippen LogP) is 2.06. The highest BCUT2D eigenvalue weighted by Gasteiger charge is 2.05. The average Bonchev–Trinajstić information content (AvgIpc) is 2.85. The van der Waals surface area contributed by atoms with E-state index < -0.39 is 0 Å². The molecule has 5 nitrogen and oxygen atoms in total. The van der Waals surface area contributed by atoms with Gasteiger partial charge in [0.1, 0.15) is 0 Å². The van der Waals surface area contributed by atoms with Gasteiger partial charge in [0.25, 0.3) is 0 Å². The van der Waals surface area contributed by atoms with Crippen LogP contribution >= 0.6 is 11.3 Å². The molecule has 108 valence electrons. The number of aromatic nitrogens is 1. The van der Waals surface area contributed by atoms with Crippen molar-refractivity contribution < 1.29 is 0 Å². The van der Waals surface area contributed by atoms with E-state index in [1.54, 1.807) is 11.3 Å². The maximum atomic E-state index is 4.56. The number of rotatable bonds is 6. The van der Waals surface area contributed by atoms with Crippen LogP contribution in [0.25, 0.3) is 0 Å². The first kappa shape index (κ1) is 15.8. The summed E-state index contributed by atoms with van der Waals surface area (Å²) < 4.78 is 0. The van der Waals surface area contributed by atoms with Gasteiger partial charge in [0, 0.05) is 32.1 Å². The van der Waals surface area contributed by atoms with Crippen LogP contribution in [0.1, 0.15) is 32.9 Å². The van der Waals surface area contributed by atoms with Crippen LogP contribution in [0.4, 0.5) is 5.13 Å². The molecule has 0 aliphatic carbocycles. The summed E-state index contributed by atoms with van der Waals surface area (Å²) in [7, 11) is 4.00. The highest BCUT2D eigenvalue weighted by atomic mass is 32.1. The number of nitrogens with zero attached hydrogens (tertiary/aromatic N) is 3. The zero-order valence-electron chi connectivity index (χ0n) is 12.5. The Morgan fingerprint density at radius 1 is 1.47 bits per heavy atom. The van der Waals surface area contributed by atoms with E-state index in [0.717, 1.165) is 29.8 Å². The van der Waals surface area contributed by atoms with Crippen LogP contribution in [0, 0.1) is 0 Å². The summed E-state index contributed by atoms with van der Waals surface area (Å²) in [6.45, 7) is 7.85. The minimum atomic E-state index is 0.422. The molecule has 0 spiro atoms. The zero-order chi connectivity index (χ0) is 14.3. The molecule has 1 aromatic rings. The van der Waals surface area contributed by atoms with Gasteiger partial charge in [0.05, 0.1) is 12.2 Å². The smallest absolute Gasteiger partial charge is 0.191 e. The van der Waals surface area contributed by atoms with Gasteiger partial charge < -0.3 is 15.5 Å². The third-order valence-corrected chi connectivity index (χ3v) is 3.72. The highest BCUT2D eigenvalue weighted by Crippen LogP contribution is 2.18. The van der Waals surface area contributed by atoms with Crippen LogP contribution in [0.3, 0.4) is 0 Å². The highest BCUT2D eigenvalue weighted by molar-refractivity contribution is 7.13. The van der Waals surface area contributed by atoms with E-state index in [4.69, 9.17) is 0 Å². The standard InChI is InChI=1S/C13H25N5S/c1-6-10(3)16-12(14-7-2)15-8-11-9-19-13(17-11)18(4)5/h9-10H,6-8H2,1-5H3,(H2,14,15,16). The first-order valence-electron chi connectivity index (χ1n) is 6.73. The largest absolute Gasteiger partial charge is 0.357 e. The van der Waals surface area contributed by atoms with E-state index in [-0.39, 0.29) is 0 Å². The van der Waals surface area contributed by atoms with E-state index in [1.807, 2.05) is 19.0 Å². The summed E-state index contributed by atoms with van der Waals surface area (Å²) in [4.78, 5) is 11.1. The molecule has 6 heteroatoms. The number of nitrogens with one attached hydrogen (secondary N) is 2. The van der Waals surface area contributed by atoms with Crippen LogP contribution in [0.5, 0.6) is 0 Å². The van der Waals surface area contributed by atoms with Gasteiger partial charge in [0.15, 0.2) is 11.1 Å². The van der Waals surface area contributed by atoms with Crippen molar-refractivity contribution in [1.29, 1.82) is 0 Å². The van der Waals surface area contributed by atoms with Crippen molar-refractivity contribution in [3.05, 3.63) is 11.1 Å². The number of anilines is 1. The summed E-state index contributed by atoms with van der Waals surface area (Å²) >= 11 is 1.65. The Labute approximate surface area is 120 Å². The number of aliphatic imine (C=N–C) groups is 1. The molecule has 0 saturated heterocycles. The molecule has 0 fully saturated rings. The number of guanidine groups is 1. The third kappa shape index (κ3) is 5.46. The molecule has 0 bridgehead atoms.